The van der Waals surface area contributed by atoms with E-state index in [4.69, 9.17) is 5.11 Å². The molecule has 0 aliphatic rings. The quantitative estimate of drug-likeness (QED) is 0.688. The topological polar surface area (TPSA) is 50.2 Å². The molecule has 76 valence electrons. The Balaban J connectivity index is 3.08. The zero-order valence-electron chi connectivity index (χ0n) is 6.88. The molecule has 0 saturated carbocycles. The van der Waals surface area contributed by atoms with Crippen molar-refractivity contribution in [3.8, 4) is 0 Å². The van der Waals surface area contributed by atoms with Crippen molar-refractivity contribution in [3.63, 3.8) is 0 Å². The van der Waals surface area contributed by atoms with Crippen LogP contribution in [-0.4, -0.2) is 16.1 Å². The third kappa shape index (κ3) is 2.86. The fourth-order valence-electron chi connectivity index (χ4n) is 0.986. The smallest absolute Gasteiger partial charge is 0.307 e. The molecule has 1 aromatic rings. The lowest BCUT2D eigenvalue weighted by Crippen LogP contribution is -2.05. The molecule has 0 saturated heterocycles. The van der Waals surface area contributed by atoms with Gasteiger partial charge in [-0.15, -0.1) is 0 Å². The van der Waals surface area contributed by atoms with Crippen molar-refractivity contribution in [2.45, 2.75) is 12.8 Å². The van der Waals surface area contributed by atoms with E-state index in [0.717, 1.165) is 0 Å². The highest BCUT2D eigenvalue weighted by Gasteiger charge is 2.15. The number of hydrogen-bond donors (Lipinski definition) is 1. The van der Waals surface area contributed by atoms with Crippen molar-refractivity contribution in [2.75, 3.05) is 0 Å². The average molecular weight is 313 g/mol. The summed E-state index contributed by atoms with van der Waals surface area (Å²) in [4.78, 5) is 14.1. The zero-order chi connectivity index (χ0) is 10.7. The van der Waals surface area contributed by atoms with E-state index in [2.05, 4.69) is 4.98 Å². The summed E-state index contributed by atoms with van der Waals surface area (Å²) in [5, 5.41) is 8.47. The number of aliphatic carboxylic acids is 1. The van der Waals surface area contributed by atoms with Crippen molar-refractivity contribution < 1.29 is 18.7 Å². The zero-order valence-corrected chi connectivity index (χ0v) is 9.03. The van der Waals surface area contributed by atoms with Crippen LogP contribution in [0, 0.1) is 3.70 Å². The normalized spacial score (nSPS) is 10.6. The van der Waals surface area contributed by atoms with Gasteiger partial charge >= 0.3 is 5.97 Å². The highest BCUT2D eigenvalue weighted by atomic mass is 127. The Hall–Kier alpha value is -0.790. The summed E-state index contributed by atoms with van der Waals surface area (Å²) in [6, 6.07) is 1.20. The van der Waals surface area contributed by atoms with E-state index in [1.54, 1.807) is 22.6 Å². The number of pyridine rings is 1. The van der Waals surface area contributed by atoms with E-state index in [1.165, 1.54) is 12.3 Å². The van der Waals surface area contributed by atoms with Crippen molar-refractivity contribution in [2.24, 2.45) is 0 Å². The van der Waals surface area contributed by atoms with Gasteiger partial charge in [0, 0.05) is 11.8 Å². The van der Waals surface area contributed by atoms with Gasteiger partial charge in [0.05, 0.1) is 6.42 Å². The van der Waals surface area contributed by atoms with E-state index >= 15 is 0 Å². The maximum atomic E-state index is 12.4. The molecule has 1 rings (SSSR count). The summed E-state index contributed by atoms with van der Waals surface area (Å²) >= 11 is 1.80. The monoisotopic (exact) mass is 313 g/mol. The molecule has 0 aromatic carbocycles. The molecule has 0 aliphatic heterocycles. The molecule has 0 spiro atoms. The number of carboxylic acid groups (broad SMARTS) is 1. The van der Waals surface area contributed by atoms with Crippen LogP contribution in [-0.2, 0) is 11.2 Å². The first-order valence-corrected chi connectivity index (χ1v) is 4.73. The van der Waals surface area contributed by atoms with Crippen molar-refractivity contribution >= 4 is 28.6 Å². The van der Waals surface area contributed by atoms with Crippen molar-refractivity contribution in [3.05, 3.63) is 27.1 Å². The molecule has 0 bridgehead atoms. The number of halogens is 3. The molecule has 0 unspecified atom stereocenters. The lowest BCUT2D eigenvalue weighted by atomic mass is 10.1. The van der Waals surface area contributed by atoms with Gasteiger partial charge in [0.25, 0.3) is 6.43 Å². The molecule has 14 heavy (non-hydrogen) atoms. The Morgan fingerprint density at radius 2 is 2.29 bits per heavy atom. The first kappa shape index (κ1) is 11.3. The Bertz CT molecular complexity index is 357. The average Bonchev–Trinajstić information content (AvgIpc) is 2.07. The summed E-state index contributed by atoms with van der Waals surface area (Å²) in [5.41, 5.74) is -0.195. The molecule has 3 nitrogen and oxygen atoms in total. The Morgan fingerprint density at radius 3 is 2.79 bits per heavy atom. The van der Waals surface area contributed by atoms with Gasteiger partial charge in [-0.3, -0.25) is 9.78 Å². The summed E-state index contributed by atoms with van der Waals surface area (Å²) in [5.74, 6) is -1.14. The second-order valence-corrected chi connectivity index (χ2v) is 3.68. The highest BCUT2D eigenvalue weighted by Crippen LogP contribution is 2.24. The summed E-state index contributed by atoms with van der Waals surface area (Å²) in [7, 11) is 0. The molecule has 1 heterocycles. The summed E-state index contributed by atoms with van der Waals surface area (Å²) < 4.78 is 25.3. The Kier molecular flexibility index (Phi) is 3.73. The van der Waals surface area contributed by atoms with Crippen LogP contribution in [0.4, 0.5) is 8.78 Å². The van der Waals surface area contributed by atoms with Crippen molar-refractivity contribution in [1.29, 1.82) is 0 Å². The number of alkyl halides is 2. The number of nitrogens with zero attached hydrogens (tertiary/aromatic N) is 1. The first-order chi connectivity index (χ1) is 6.50. The lowest BCUT2D eigenvalue weighted by molar-refractivity contribution is -0.136. The lowest BCUT2D eigenvalue weighted by Gasteiger charge is -2.06. The minimum Gasteiger partial charge on any atom is -0.481 e. The van der Waals surface area contributed by atoms with Gasteiger partial charge in [-0.1, -0.05) is 0 Å². The number of rotatable bonds is 3. The van der Waals surface area contributed by atoms with Crippen LogP contribution in [0.1, 0.15) is 17.6 Å². The molecule has 0 radical (unpaired) electrons. The van der Waals surface area contributed by atoms with Gasteiger partial charge in [0.1, 0.15) is 3.70 Å². The SMILES string of the molecule is O=C(O)Cc1cnc(I)cc1C(F)F. The fraction of sp³-hybridized carbons (Fsp3) is 0.250. The number of hydrogen-bond acceptors (Lipinski definition) is 2. The molecule has 0 amide bonds. The van der Waals surface area contributed by atoms with Crippen LogP contribution in [0.2, 0.25) is 0 Å². The second-order valence-electron chi connectivity index (χ2n) is 2.58. The maximum Gasteiger partial charge on any atom is 0.307 e. The molecular weight excluding hydrogens is 307 g/mol. The minimum atomic E-state index is -2.67. The van der Waals surface area contributed by atoms with Crippen LogP contribution in [0.25, 0.3) is 0 Å². The standard InChI is InChI=1S/C8H6F2INO2/c9-8(10)5-2-6(11)12-3-4(5)1-7(13)14/h2-3,8H,1H2,(H,13,14). The van der Waals surface area contributed by atoms with Crippen molar-refractivity contribution in [1.82, 2.24) is 4.98 Å². The van der Waals surface area contributed by atoms with Crippen LogP contribution in [0.15, 0.2) is 12.3 Å². The summed E-state index contributed by atoms with van der Waals surface area (Å²) in [6.07, 6.45) is -1.91. The van der Waals surface area contributed by atoms with Gasteiger partial charge in [-0.25, -0.2) is 8.78 Å². The molecule has 0 atom stereocenters. The molecule has 0 fully saturated rings. The van der Waals surface area contributed by atoms with E-state index in [-0.39, 0.29) is 11.1 Å². The van der Waals surface area contributed by atoms with E-state index in [1.807, 2.05) is 0 Å². The summed E-state index contributed by atoms with van der Waals surface area (Å²) in [6.45, 7) is 0. The van der Waals surface area contributed by atoms with Crippen LogP contribution < -0.4 is 0 Å². The molecular formula is C8H6F2INO2. The predicted octanol–water partition coefficient (Wildman–Crippen LogP) is 2.25. The number of aromatic nitrogens is 1. The van der Waals surface area contributed by atoms with Gasteiger partial charge in [-0.05, 0) is 34.2 Å². The van der Waals surface area contributed by atoms with Crippen LogP contribution >= 0.6 is 22.6 Å². The van der Waals surface area contributed by atoms with Gasteiger partial charge < -0.3 is 5.11 Å². The third-order valence-corrected chi connectivity index (χ3v) is 2.16. The van der Waals surface area contributed by atoms with E-state index in [0.29, 0.717) is 3.70 Å². The van der Waals surface area contributed by atoms with Gasteiger partial charge in [0.2, 0.25) is 0 Å². The van der Waals surface area contributed by atoms with E-state index in [9.17, 15) is 13.6 Å². The largest absolute Gasteiger partial charge is 0.481 e. The van der Waals surface area contributed by atoms with Gasteiger partial charge in [0.15, 0.2) is 0 Å². The molecule has 1 N–H and O–H groups in total. The minimum absolute atomic E-state index is 0.0629. The molecule has 0 aliphatic carbocycles. The van der Waals surface area contributed by atoms with Crippen LogP contribution in [0.5, 0.6) is 0 Å². The number of carbonyl (C=O) groups is 1. The predicted molar refractivity (Wildman–Crippen MR) is 53.3 cm³/mol. The second kappa shape index (κ2) is 4.63. The fourth-order valence-corrected chi connectivity index (χ4v) is 1.46. The van der Waals surface area contributed by atoms with Gasteiger partial charge in [-0.2, -0.15) is 0 Å². The molecule has 1 aromatic heterocycles. The molecule has 6 heteroatoms. The Labute approximate surface area is 92.3 Å². The third-order valence-electron chi connectivity index (χ3n) is 1.57. The van der Waals surface area contributed by atoms with E-state index < -0.39 is 18.8 Å². The van der Waals surface area contributed by atoms with Crippen LogP contribution in [0.3, 0.4) is 0 Å². The maximum absolute atomic E-state index is 12.4. The highest BCUT2D eigenvalue weighted by molar-refractivity contribution is 14.1. The number of carboxylic acids is 1. The first-order valence-electron chi connectivity index (χ1n) is 3.65. The Morgan fingerprint density at radius 1 is 1.64 bits per heavy atom.